The normalized spacial score (nSPS) is 18.5. The summed E-state index contributed by atoms with van der Waals surface area (Å²) in [6.07, 6.45) is 12.8. The van der Waals surface area contributed by atoms with Crippen molar-refractivity contribution in [3.63, 3.8) is 0 Å². The number of hydrogen-bond donors (Lipinski definition) is 4. The summed E-state index contributed by atoms with van der Waals surface area (Å²) in [5.41, 5.74) is 5.85. The minimum absolute atomic E-state index is 0.0392. The van der Waals surface area contributed by atoms with Crippen LogP contribution in [0.15, 0.2) is 59.5 Å². The van der Waals surface area contributed by atoms with Crippen LogP contribution in [0, 0.1) is 18.6 Å². The van der Waals surface area contributed by atoms with Crippen LogP contribution < -0.4 is 16.0 Å². The maximum Gasteiger partial charge on any atom is 0.157 e. The third-order valence-corrected chi connectivity index (χ3v) is 9.85. The Labute approximate surface area is 292 Å². The highest BCUT2D eigenvalue weighted by Crippen LogP contribution is 2.35. The predicted molar refractivity (Wildman–Crippen MR) is 194 cm³/mol. The topological polar surface area (TPSA) is 106 Å². The van der Waals surface area contributed by atoms with Gasteiger partial charge in [0, 0.05) is 60.9 Å². The van der Waals surface area contributed by atoms with Crippen LogP contribution in [0.3, 0.4) is 0 Å². The number of nitrogens with one attached hydrogen (secondary N) is 3. The average molecular weight is 694 g/mol. The van der Waals surface area contributed by atoms with Gasteiger partial charge in [-0.2, -0.15) is 0 Å². The second kappa shape index (κ2) is 18.0. The second-order valence-electron chi connectivity index (χ2n) is 12.5. The number of rotatable bonds is 5. The highest BCUT2D eigenvalue weighted by atomic mass is 35.5. The first-order chi connectivity index (χ1) is 23.8. The summed E-state index contributed by atoms with van der Waals surface area (Å²) in [7, 11) is 1.62. The van der Waals surface area contributed by atoms with Crippen LogP contribution in [0.2, 0.25) is 5.02 Å². The van der Waals surface area contributed by atoms with Crippen LogP contribution in [0.25, 0.3) is 11.1 Å². The van der Waals surface area contributed by atoms with Crippen molar-refractivity contribution in [2.75, 3.05) is 30.8 Å². The number of hydrogen-bond acceptors (Lipinski definition) is 8. The molecule has 7 rings (SSSR count). The Balaban J connectivity index is 0.000000281. The lowest BCUT2D eigenvalue weighted by Crippen LogP contribution is -2.45. The van der Waals surface area contributed by atoms with Gasteiger partial charge in [-0.3, -0.25) is 0 Å². The number of likely N-dealkylation sites (tertiary alicyclic amines) is 1. The molecule has 4 aliphatic rings. The minimum atomic E-state index is -0.597. The summed E-state index contributed by atoms with van der Waals surface area (Å²) in [4.78, 5) is 23.3. The highest BCUT2D eigenvalue weighted by molar-refractivity contribution is 6.30. The largest absolute Gasteiger partial charge is 0.388 e. The molecule has 0 radical (unpaired) electrons. The average Bonchev–Trinajstić information content (AvgIpc) is 3.75. The molecule has 0 bridgehead atoms. The molecule has 2 aliphatic carbocycles. The summed E-state index contributed by atoms with van der Waals surface area (Å²) in [6.45, 7) is 8.32. The molecule has 0 aromatic heterocycles. The van der Waals surface area contributed by atoms with E-state index in [1.807, 2.05) is 44.9 Å². The molecular weight excluding hydrogens is 648 g/mol. The van der Waals surface area contributed by atoms with Gasteiger partial charge in [-0.05, 0) is 104 Å². The number of carbonyl (C=O) groups is 2. The first-order valence-electron chi connectivity index (χ1n) is 16.7. The van der Waals surface area contributed by atoms with E-state index in [2.05, 4.69) is 25.8 Å². The molecule has 1 saturated heterocycles. The molecule has 2 aliphatic heterocycles. The lowest BCUT2D eigenvalue weighted by Gasteiger charge is -2.36. The summed E-state index contributed by atoms with van der Waals surface area (Å²) in [6, 6.07) is 13.0. The fraction of sp³-hybridized carbons (Fsp3) is 0.395. The zero-order chi connectivity index (χ0) is 35.5. The fourth-order valence-electron chi connectivity index (χ4n) is 7.13. The number of aliphatic imine (C=N–C) groups is 1. The molecule has 11 heteroatoms. The Kier molecular flexibility index (Phi) is 13.9. The summed E-state index contributed by atoms with van der Waals surface area (Å²) in [5.74, 6) is -0.406. The van der Waals surface area contributed by atoms with Crippen molar-refractivity contribution in [3.8, 4) is 11.1 Å². The van der Waals surface area contributed by atoms with Crippen molar-refractivity contribution in [3.05, 3.63) is 93.4 Å². The molecule has 0 spiro atoms. The van der Waals surface area contributed by atoms with E-state index in [9.17, 15) is 13.9 Å². The van der Waals surface area contributed by atoms with Gasteiger partial charge in [0.05, 0.1) is 17.4 Å². The first kappa shape index (κ1) is 37.7. The standard InChI is InChI=1S/C26H31F2N5.C10H11ClO.2CH2O/c1-29-23-9-7-21(27)25(26(23)28)17-6-8-22-18(14-17)15-31-24(16-30-22)32-19-10-12-33(13-11-19)20-4-2-3-5-20;1-6-4-7(11)5-9-8(6)2-3-10(9)12;2*1-2/h6-9,14-16,19-20,29-30,32H,2-5,10-13H2,1H3;4-5,10,12H,2-3H2,1H3;2*1H2. The molecule has 49 heavy (non-hydrogen) atoms. The van der Waals surface area contributed by atoms with Gasteiger partial charge in [0.2, 0.25) is 0 Å². The van der Waals surface area contributed by atoms with Gasteiger partial charge >= 0.3 is 0 Å². The summed E-state index contributed by atoms with van der Waals surface area (Å²) in [5, 5.41) is 19.9. The molecule has 262 valence electrons. The first-order valence-corrected chi connectivity index (χ1v) is 17.0. The van der Waals surface area contributed by atoms with E-state index in [0.717, 1.165) is 72.5 Å². The summed E-state index contributed by atoms with van der Waals surface area (Å²) >= 11 is 5.88. The molecule has 0 amide bonds. The Hall–Kier alpha value is -4.12. The van der Waals surface area contributed by atoms with Crippen molar-refractivity contribution in [2.45, 2.75) is 76.5 Å². The summed E-state index contributed by atoms with van der Waals surface area (Å²) < 4.78 is 29.3. The molecule has 1 unspecified atom stereocenters. The number of halogens is 3. The van der Waals surface area contributed by atoms with E-state index in [4.69, 9.17) is 21.2 Å². The van der Waals surface area contributed by atoms with Gasteiger partial charge in [0.1, 0.15) is 25.2 Å². The van der Waals surface area contributed by atoms with Gasteiger partial charge in [0.15, 0.2) is 5.82 Å². The maximum absolute atomic E-state index is 14.8. The lowest BCUT2D eigenvalue weighted by molar-refractivity contribution is -0.0987. The van der Waals surface area contributed by atoms with Crippen LogP contribution in [0.1, 0.15) is 73.3 Å². The zero-order valence-corrected chi connectivity index (χ0v) is 29.0. The molecule has 3 aromatic carbocycles. The number of fused-ring (bicyclic) bond motifs is 2. The van der Waals surface area contributed by atoms with Gasteiger partial charge in [0.25, 0.3) is 0 Å². The number of carbonyl (C=O) groups excluding carboxylic acids is 2. The van der Waals surface area contributed by atoms with Crippen LogP contribution in [0.5, 0.6) is 0 Å². The smallest absolute Gasteiger partial charge is 0.157 e. The van der Waals surface area contributed by atoms with E-state index in [1.54, 1.807) is 25.4 Å². The Morgan fingerprint density at radius 2 is 1.69 bits per heavy atom. The van der Waals surface area contributed by atoms with Crippen molar-refractivity contribution < 1.29 is 23.5 Å². The van der Waals surface area contributed by atoms with Crippen LogP contribution in [-0.2, 0) is 16.0 Å². The van der Waals surface area contributed by atoms with Crippen molar-refractivity contribution in [1.29, 1.82) is 0 Å². The van der Waals surface area contributed by atoms with E-state index in [-0.39, 0.29) is 17.4 Å². The highest BCUT2D eigenvalue weighted by Gasteiger charge is 2.27. The molecule has 1 atom stereocenters. The van der Waals surface area contributed by atoms with Gasteiger partial charge in [-0.15, -0.1) is 0 Å². The van der Waals surface area contributed by atoms with Crippen molar-refractivity contribution in [1.82, 2.24) is 10.2 Å². The molecule has 4 N–H and O–H groups in total. The second-order valence-corrected chi connectivity index (χ2v) is 12.9. The number of anilines is 2. The van der Waals surface area contributed by atoms with E-state index >= 15 is 0 Å². The molecule has 1 saturated carbocycles. The molecule has 3 aromatic rings. The number of benzene rings is 3. The SMILES string of the molecule is C=O.C=O.CNc1ccc(F)c(-c2ccc3c(c2)C=NC(NC2CCN(C4CCCC4)CC2)=CN3)c1F.Cc1cc(Cl)cc2c1CCC2O. The van der Waals surface area contributed by atoms with Crippen molar-refractivity contribution in [2.24, 2.45) is 4.99 Å². The fourth-order valence-corrected chi connectivity index (χ4v) is 7.41. The number of nitrogens with zero attached hydrogens (tertiary/aromatic N) is 2. The van der Waals surface area contributed by atoms with Gasteiger partial charge < -0.3 is 35.5 Å². The predicted octanol–water partition coefficient (Wildman–Crippen LogP) is 7.57. The molecule has 2 heterocycles. The van der Waals surface area contributed by atoms with Crippen molar-refractivity contribution >= 4 is 42.8 Å². The number of aliphatic hydroxyl groups is 1. The van der Waals surface area contributed by atoms with Gasteiger partial charge in [-0.1, -0.05) is 30.5 Å². The Morgan fingerprint density at radius 1 is 0.980 bits per heavy atom. The van der Waals surface area contributed by atoms with Crippen LogP contribution >= 0.6 is 11.6 Å². The minimum Gasteiger partial charge on any atom is -0.388 e. The number of aliphatic hydroxyl groups excluding tert-OH is 1. The third kappa shape index (κ3) is 9.12. The van der Waals surface area contributed by atoms with E-state index in [0.29, 0.717) is 11.6 Å². The Morgan fingerprint density at radius 3 is 2.39 bits per heavy atom. The van der Waals surface area contributed by atoms with Crippen LogP contribution in [-0.4, -0.2) is 62.0 Å². The number of piperidine rings is 1. The quantitative estimate of drug-likeness (QED) is 0.219. The lowest BCUT2D eigenvalue weighted by atomic mass is 10.00. The van der Waals surface area contributed by atoms with Gasteiger partial charge in [-0.25, -0.2) is 13.8 Å². The maximum atomic E-state index is 14.8. The van der Waals surface area contributed by atoms with E-state index in [1.165, 1.54) is 48.9 Å². The molecule has 2 fully saturated rings. The number of aryl methyl sites for hydroxylation is 1. The molecular formula is C38H46ClF2N5O3. The third-order valence-electron chi connectivity index (χ3n) is 9.63. The molecule has 8 nitrogen and oxygen atoms in total. The Bertz CT molecular complexity index is 1640. The zero-order valence-electron chi connectivity index (χ0n) is 28.2. The van der Waals surface area contributed by atoms with Crippen LogP contribution in [0.4, 0.5) is 20.2 Å². The van der Waals surface area contributed by atoms with E-state index < -0.39 is 11.6 Å². The monoisotopic (exact) mass is 693 g/mol.